The van der Waals surface area contributed by atoms with Gasteiger partial charge in [-0.05, 0) is 61.1 Å². The highest BCUT2D eigenvalue weighted by Gasteiger charge is 2.68. The van der Waals surface area contributed by atoms with Crippen molar-refractivity contribution in [3.05, 3.63) is 69.7 Å². The molecule has 6 nitrogen and oxygen atoms in total. The van der Waals surface area contributed by atoms with E-state index in [0.717, 1.165) is 16.4 Å². The van der Waals surface area contributed by atoms with Gasteiger partial charge in [0.05, 0.1) is 22.4 Å². The van der Waals surface area contributed by atoms with Gasteiger partial charge in [-0.1, -0.05) is 67.2 Å². The van der Waals surface area contributed by atoms with Crippen LogP contribution in [0.2, 0.25) is 10.0 Å². The number of halogens is 5. The number of hydrogen-bond donors (Lipinski definition) is 0. The Morgan fingerprint density at radius 2 is 1.51 bits per heavy atom. The smallest absolute Gasteiger partial charge is 0.275 e. The van der Waals surface area contributed by atoms with E-state index >= 15 is 0 Å². The van der Waals surface area contributed by atoms with E-state index < -0.39 is 41.4 Å². The van der Waals surface area contributed by atoms with Crippen LogP contribution in [0.25, 0.3) is 0 Å². The summed E-state index contributed by atoms with van der Waals surface area (Å²) in [6.07, 6.45) is 0.750. The third kappa shape index (κ3) is 4.46. The molecule has 0 spiro atoms. The van der Waals surface area contributed by atoms with Gasteiger partial charge in [-0.2, -0.15) is 5.01 Å². The summed E-state index contributed by atoms with van der Waals surface area (Å²) in [5.41, 5.74) is 0.349. The van der Waals surface area contributed by atoms with Crippen LogP contribution in [0, 0.1) is 23.7 Å². The fourth-order valence-corrected chi connectivity index (χ4v) is 8.37. The zero-order valence-corrected chi connectivity index (χ0v) is 24.6. The maximum Gasteiger partial charge on any atom is 0.275 e. The van der Waals surface area contributed by atoms with Crippen molar-refractivity contribution in [2.24, 2.45) is 23.7 Å². The largest absolute Gasteiger partial charge is 0.292 e. The lowest BCUT2D eigenvalue weighted by Gasteiger charge is -2.37. The average Bonchev–Trinajstić information content (AvgIpc) is 3.49. The van der Waals surface area contributed by atoms with Gasteiger partial charge in [-0.15, -0.1) is 11.6 Å². The lowest BCUT2D eigenvalue weighted by Crippen LogP contribution is -2.58. The first-order valence-electron chi connectivity index (χ1n) is 11.8. The summed E-state index contributed by atoms with van der Waals surface area (Å²) in [6, 6.07) is 11.3. The topological polar surface area (TPSA) is 74.8 Å². The third-order valence-corrected chi connectivity index (χ3v) is 11.6. The molecule has 1 aliphatic heterocycles. The minimum absolute atomic E-state index is 0.0115. The van der Waals surface area contributed by atoms with Crippen LogP contribution in [0.1, 0.15) is 33.6 Å². The molecule has 0 N–H and O–H groups in total. The Morgan fingerprint density at radius 3 is 2.05 bits per heavy atom. The van der Waals surface area contributed by atoms with Gasteiger partial charge >= 0.3 is 0 Å². The molecule has 2 aromatic carbocycles. The number of benzene rings is 2. The molecule has 1 heterocycles. The molecule has 11 heteroatoms. The molecule has 0 aromatic heterocycles. The first kappa shape index (κ1) is 27.1. The summed E-state index contributed by atoms with van der Waals surface area (Å²) in [4.78, 5) is 55.7. The van der Waals surface area contributed by atoms with Crippen molar-refractivity contribution in [2.45, 2.75) is 28.5 Å². The van der Waals surface area contributed by atoms with Crippen molar-refractivity contribution in [1.82, 2.24) is 10.0 Å². The molecular formula is C26H21Br2Cl3N2O4. The molecular weight excluding hydrogens is 670 g/mol. The van der Waals surface area contributed by atoms with E-state index in [9.17, 15) is 19.2 Å². The van der Waals surface area contributed by atoms with E-state index in [1.165, 1.54) is 24.3 Å². The number of imide groups is 1. The molecule has 0 radical (unpaired) electrons. The molecule has 7 atom stereocenters. The molecule has 37 heavy (non-hydrogen) atoms. The second-order valence-corrected chi connectivity index (χ2v) is 12.8. The standard InChI is InChI=1S/C26H21Br2Cl3N2O4/c27-21-15-11-16(22(21)28)20-19(15)25(36)33(26(20)37)32(24(35)14-3-1-2-4-17(14)31)18(9-10-29)23(34)12-5-7-13(30)8-6-12/h1-8,15-16,18-22H,9-11H2/t15-,16-,18+,19-,20+,21+,22+/m1/s1. The highest BCUT2D eigenvalue weighted by atomic mass is 79.9. The van der Waals surface area contributed by atoms with Gasteiger partial charge in [0.25, 0.3) is 17.7 Å². The Hall–Kier alpha value is -1.45. The van der Waals surface area contributed by atoms with E-state index in [1.54, 1.807) is 24.3 Å². The van der Waals surface area contributed by atoms with E-state index in [-0.39, 0.29) is 49.9 Å². The summed E-state index contributed by atoms with van der Waals surface area (Å²) in [5.74, 6) is -3.38. The number of rotatable bonds is 7. The average molecular weight is 692 g/mol. The van der Waals surface area contributed by atoms with E-state index in [2.05, 4.69) is 31.9 Å². The minimum Gasteiger partial charge on any atom is -0.292 e. The summed E-state index contributed by atoms with van der Waals surface area (Å²) < 4.78 is 0. The van der Waals surface area contributed by atoms with Gasteiger partial charge in [0, 0.05) is 26.1 Å². The maximum atomic E-state index is 14.0. The number of ketones is 1. The SMILES string of the molecule is O=C(c1ccc(Cl)cc1)[C@H](CCCl)N(C(=O)c1ccccc1Cl)N1C(=O)[C@@H]2[C@H]3C[C@@H]([C@H](Br)[C@H]3Br)[C@@H]2C1=O. The molecule has 2 saturated carbocycles. The van der Waals surface area contributed by atoms with Crippen molar-refractivity contribution in [2.75, 3.05) is 5.88 Å². The third-order valence-electron chi connectivity index (χ3n) is 7.60. The van der Waals surface area contributed by atoms with Crippen molar-refractivity contribution in [3.63, 3.8) is 0 Å². The first-order valence-corrected chi connectivity index (χ1v) is 14.9. The number of Topliss-reactive ketones (excluding diaryl/α,β-unsaturated/α-hetero) is 1. The monoisotopic (exact) mass is 688 g/mol. The Labute approximate surface area is 245 Å². The number of hydrazine groups is 1. The molecule has 3 fully saturated rings. The van der Waals surface area contributed by atoms with E-state index in [4.69, 9.17) is 34.8 Å². The van der Waals surface area contributed by atoms with Crippen LogP contribution in [-0.4, -0.2) is 55.1 Å². The molecule has 3 aliphatic rings. The lowest BCUT2D eigenvalue weighted by molar-refractivity contribution is -0.157. The van der Waals surface area contributed by atoms with Gasteiger partial charge in [0.1, 0.15) is 6.04 Å². The van der Waals surface area contributed by atoms with Crippen LogP contribution in [-0.2, 0) is 9.59 Å². The maximum absolute atomic E-state index is 14.0. The Morgan fingerprint density at radius 1 is 0.946 bits per heavy atom. The van der Waals surface area contributed by atoms with E-state index in [1.807, 2.05) is 0 Å². The Bertz CT molecular complexity index is 1240. The van der Waals surface area contributed by atoms with Crippen molar-refractivity contribution in [3.8, 4) is 0 Å². The zero-order valence-electron chi connectivity index (χ0n) is 19.2. The number of nitrogens with zero attached hydrogens (tertiary/aromatic N) is 2. The fourth-order valence-electron chi connectivity index (χ4n) is 5.95. The quantitative estimate of drug-likeness (QED) is 0.203. The predicted octanol–water partition coefficient (Wildman–Crippen LogP) is 6.01. The van der Waals surface area contributed by atoms with Gasteiger partial charge in [-0.25, -0.2) is 5.01 Å². The molecule has 194 valence electrons. The Balaban J connectivity index is 1.61. The number of carbonyl (C=O) groups is 4. The summed E-state index contributed by atoms with van der Waals surface area (Å²) >= 11 is 25.8. The molecule has 2 aromatic rings. The lowest BCUT2D eigenvalue weighted by atomic mass is 9.81. The van der Waals surface area contributed by atoms with Gasteiger partial charge in [-0.3, -0.25) is 19.2 Å². The minimum atomic E-state index is -1.22. The van der Waals surface area contributed by atoms with Crippen LogP contribution in [0.15, 0.2) is 48.5 Å². The van der Waals surface area contributed by atoms with Gasteiger partial charge in [0.2, 0.25) is 0 Å². The molecule has 1 saturated heterocycles. The number of hydrogen-bond acceptors (Lipinski definition) is 4. The van der Waals surface area contributed by atoms with Crippen LogP contribution in [0.5, 0.6) is 0 Å². The summed E-state index contributed by atoms with van der Waals surface area (Å²) in [7, 11) is 0. The van der Waals surface area contributed by atoms with Crippen LogP contribution >= 0.6 is 66.7 Å². The van der Waals surface area contributed by atoms with Crippen molar-refractivity contribution < 1.29 is 19.2 Å². The number of amides is 3. The number of carbonyl (C=O) groups excluding carboxylic acids is 4. The molecule has 2 bridgehead atoms. The molecule has 2 aliphatic carbocycles. The molecule has 3 amide bonds. The van der Waals surface area contributed by atoms with Crippen molar-refractivity contribution in [1.29, 1.82) is 0 Å². The fraction of sp³-hybridized carbons (Fsp3) is 0.385. The summed E-state index contributed by atoms with van der Waals surface area (Å²) in [5, 5.41) is 2.48. The highest BCUT2D eigenvalue weighted by molar-refractivity contribution is 9.12. The second-order valence-electron chi connectivity index (χ2n) is 9.49. The normalized spacial score (nSPS) is 28.9. The van der Waals surface area contributed by atoms with Crippen LogP contribution < -0.4 is 0 Å². The zero-order chi connectivity index (χ0) is 26.6. The van der Waals surface area contributed by atoms with Crippen LogP contribution in [0.3, 0.4) is 0 Å². The first-order chi connectivity index (χ1) is 17.7. The number of alkyl halides is 3. The molecule has 0 unspecified atom stereocenters. The summed E-state index contributed by atoms with van der Waals surface area (Å²) in [6.45, 7) is 0. The predicted molar refractivity (Wildman–Crippen MR) is 148 cm³/mol. The Kier molecular flexibility index (Phi) is 7.78. The van der Waals surface area contributed by atoms with Crippen molar-refractivity contribution >= 4 is 90.2 Å². The van der Waals surface area contributed by atoms with E-state index in [0.29, 0.717) is 5.02 Å². The van der Waals surface area contributed by atoms with Gasteiger partial charge in [0.15, 0.2) is 5.78 Å². The highest BCUT2D eigenvalue weighted by Crippen LogP contribution is 2.60. The van der Waals surface area contributed by atoms with Gasteiger partial charge < -0.3 is 0 Å². The second kappa shape index (κ2) is 10.6. The van der Waals surface area contributed by atoms with Crippen LogP contribution in [0.4, 0.5) is 0 Å². The number of fused-ring (bicyclic) bond motifs is 5. The molecule has 5 rings (SSSR count).